The number of anilines is 1. The van der Waals surface area contributed by atoms with Crippen molar-refractivity contribution >= 4 is 31.6 Å². The lowest BCUT2D eigenvalue weighted by molar-refractivity contribution is -0.116. The predicted octanol–water partition coefficient (Wildman–Crippen LogP) is 0.306. The molecule has 10 heteroatoms. The van der Waals surface area contributed by atoms with Crippen LogP contribution in [0.5, 0.6) is 0 Å². The summed E-state index contributed by atoms with van der Waals surface area (Å²) in [5, 5.41) is 0. The molecule has 2 heterocycles. The highest BCUT2D eigenvalue weighted by atomic mass is 32.2. The van der Waals surface area contributed by atoms with Gasteiger partial charge in [0.1, 0.15) is 0 Å². The Hall–Kier alpha value is -1.49. The Balaban J connectivity index is 2.02. The zero-order valence-corrected chi connectivity index (χ0v) is 16.7. The molecule has 8 nitrogen and oxygen atoms in total. The molecule has 2 fully saturated rings. The summed E-state index contributed by atoms with van der Waals surface area (Å²) in [6.07, 6.45) is -0.0538. The first-order valence-electron chi connectivity index (χ1n) is 8.40. The van der Waals surface area contributed by atoms with Crippen LogP contribution >= 0.6 is 0 Å². The molecule has 144 valence electrons. The third-order valence-electron chi connectivity index (χ3n) is 4.82. The fraction of sp³-hybridized carbons (Fsp3) is 0.562. The summed E-state index contributed by atoms with van der Waals surface area (Å²) in [6, 6.07) is 2.94. The molecule has 0 atom stereocenters. The fourth-order valence-electron chi connectivity index (χ4n) is 3.48. The highest BCUT2D eigenvalue weighted by Gasteiger charge is 2.37. The Morgan fingerprint density at radius 3 is 2.00 bits per heavy atom. The van der Waals surface area contributed by atoms with Gasteiger partial charge in [-0.1, -0.05) is 0 Å². The van der Waals surface area contributed by atoms with Crippen molar-refractivity contribution in [1.82, 2.24) is 9.21 Å². The van der Waals surface area contributed by atoms with Gasteiger partial charge in [-0.15, -0.1) is 0 Å². The van der Waals surface area contributed by atoms with E-state index in [-0.39, 0.29) is 22.8 Å². The van der Waals surface area contributed by atoms with Crippen molar-refractivity contribution in [3.05, 3.63) is 23.3 Å². The maximum Gasteiger partial charge on any atom is 0.243 e. The average molecular weight is 402 g/mol. The van der Waals surface area contributed by atoms with Gasteiger partial charge in [0.2, 0.25) is 26.0 Å². The summed E-state index contributed by atoms with van der Waals surface area (Å²) in [7, 11) is -5.41. The zero-order valence-electron chi connectivity index (χ0n) is 15.1. The summed E-state index contributed by atoms with van der Waals surface area (Å²) in [5.41, 5.74) is 1.09. The summed E-state index contributed by atoms with van der Waals surface area (Å²) in [5.74, 6) is -0.705. The van der Waals surface area contributed by atoms with Gasteiger partial charge in [-0.25, -0.2) is 21.1 Å². The number of hydrogen-bond acceptors (Lipinski definition) is 6. The van der Waals surface area contributed by atoms with Crippen molar-refractivity contribution in [3.63, 3.8) is 0 Å². The van der Waals surface area contributed by atoms with E-state index in [9.17, 15) is 21.6 Å². The lowest BCUT2D eigenvalue weighted by atomic mass is 10.1. The lowest BCUT2D eigenvalue weighted by Gasteiger charge is -2.32. The number of benzene rings is 1. The quantitative estimate of drug-likeness (QED) is 0.723. The largest absolute Gasteiger partial charge is 0.304 e. The summed E-state index contributed by atoms with van der Waals surface area (Å²) in [6.45, 7) is 5.42. The minimum atomic E-state index is -3.68. The van der Waals surface area contributed by atoms with Gasteiger partial charge in [0, 0.05) is 32.6 Å². The Morgan fingerprint density at radius 2 is 1.54 bits per heavy atom. The first-order valence-corrected chi connectivity index (χ1v) is 11.4. The van der Waals surface area contributed by atoms with E-state index in [0.717, 1.165) is 4.31 Å². The number of carbonyl (C=O) groups excluding carboxylic acids is 1. The predicted molar refractivity (Wildman–Crippen MR) is 98.1 cm³/mol. The highest BCUT2D eigenvalue weighted by Crippen LogP contribution is 2.32. The number of hydrogen-bond donors (Lipinski definition) is 0. The van der Waals surface area contributed by atoms with E-state index >= 15 is 0 Å². The minimum absolute atomic E-state index is 0.0538. The molecule has 2 saturated heterocycles. The molecule has 0 aliphatic carbocycles. The SMILES string of the molecule is Cc1cc(N2C(=O)CCS2(=O)=O)cc(C)c1S(=O)(=O)N1CCN(C)CC1. The Labute approximate surface area is 154 Å². The van der Waals surface area contributed by atoms with Gasteiger partial charge in [0.25, 0.3) is 0 Å². The smallest absolute Gasteiger partial charge is 0.243 e. The molecular weight excluding hydrogens is 378 g/mol. The molecule has 0 aromatic heterocycles. The van der Waals surface area contributed by atoms with Crippen LogP contribution in [-0.2, 0) is 24.8 Å². The van der Waals surface area contributed by atoms with Gasteiger partial charge in [-0.3, -0.25) is 4.79 Å². The summed E-state index contributed by atoms with van der Waals surface area (Å²) < 4.78 is 52.6. The van der Waals surface area contributed by atoms with Crippen LogP contribution in [0.25, 0.3) is 0 Å². The number of nitrogens with zero attached hydrogens (tertiary/aromatic N) is 3. The minimum Gasteiger partial charge on any atom is -0.304 e. The molecule has 2 aliphatic heterocycles. The van der Waals surface area contributed by atoms with Crippen LogP contribution in [0.4, 0.5) is 5.69 Å². The van der Waals surface area contributed by atoms with Crippen LogP contribution in [0.1, 0.15) is 17.5 Å². The summed E-state index contributed by atoms with van der Waals surface area (Å²) >= 11 is 0. The molecular formula is C16H23N3O5S2. The van der Waals surface area contributed by atoms with E-state index in [2.05, 4.69) is 4.90 Å². The van der Waals surface area contributed by atoms with Crippen LogP contribution in [0.15, 0.2) is 17.0 Å². The molecule has 0 N–H and O–H groups in total. The number of carbonyl (C=O) groups is 1. The number of piperazine rings is 1. The lowest BCUT2D eigenvalue weighted by Crippen LogP contribution is -2.47. The van der Waals surface area contributed by atoms with Gasteiger partial charge in [-0.05, 0) is 44.2 Å². The molecule has 0 bridgehead atoms. The normalized spacial score (nSPS) is 22.1. The van der Waals surface area contributed by atoms with E-state index in [1.807, 2.05) is 7.05 Å². The first kappa shape index (κ1) is 19.3. The number of rotatable bonds is 3. The van der Waals surface area contributed by atoms with Gasteiger partial charge in [0.15, 0.2) is 0 Å². The Bertz CT molecular complexity index is 925. The number of likely N-dealkylation sites (N-methyl/N-ethyl adjacent to an activating group) is 1. The van der Waals surface area contributed by atoms with Gasteiger partial charge in [-0.2, -0.15) is 4.31 Å². The molecule has 0 spiro atoms. The van der Waals surface area contributed by atoms with E-state index in [1.165, 1.54) is 16.4 Å². The standard InChI is InChI=1S/C16H23N3O5S2/c1-12-10-14(19-15(20)4-9-25(19,21)22)11-13(2)16(12)26(23,24)18-7-5-17(3)6-8-18/h10-11H,4-9H2,1-3H3. The monoisotopic (exact) mass is 401 g/mol. The third kappa shape index (κ3) is 3.26. The third-order valence-corrected chi connectivity index (χ3v) is 8.71. The molecule has 0 unspecified atom stereocenters. The molecule has 0 radical (unpaired) electrons. The molecule has 2 aliphatic rings. The van der Waals surface area contributed by atoms with Crippen molar-refractivity contribution in [1.29, 1.82) is 0 Å². The second kappa shape index (κ2) is 6.59. The van der Waals surface area contributed by atoms with Crippen molar-refractivity contribution in [2.75, 3.05) is 43.3 Å². The van der Waals surface area contributed by atoms with E-state index < -0.39 is 26.0 Å². The van der Waals surface area contributed by atoms with Gasteiger partial charge in [0.05, 0.1) is 16.3 Å². The van der Waals surface area contributed by atoms with Crippen LogP contribution < -0.4 is 4.31 Å². The molecule has 1 aromatic carbocycles. The maximum absolute atomic E-state index is 13.1. The van der Waals surface area contributed by atoms with Crippen LogP contribution in [0.2, 0.25) is 0 Å². The Morgan fingerprint density at radius 1 is 1.00 bits per heavy atom. The van der Waals surface area contributed by atoms with Gasteiger partial charge >= 0.3 is 0 Å². The van der Waals surface area contributed by atoms with Crippen molar-refractivity contribution in [2.45, 2.75) is 25.2 Å². The summed E-state index contributed by atoms with van der Waals surface area (Å²) in [4.78, 5) is 14.2. The second-order valence-electron chi connectivity index (χ2n) is 6.84. The van der Waals surface area contributed by atoms with E-state index in [0.29, 0.717) is 37.3 Å². The number of sulfonamides is 2. The molecule has 3 rings (SSSR count). The van der Waals surface area contributed by atoms with Crippen molar-refractivity contribution in [2.24, 2.45) is 0 Å². The molecule has 1 amide bonds. The van der Waals surface area contributed by atoms with E-state index in [4.69, 9.17) is 0 Å². The molecule has 26 heavy (non-hydrogen) atoms. The van der Waals surface area contributed by atoms with E-state index in [1.54, 1.807) is 13.8 Å². The topological polar surface area (TPSA) is 95.1 Å². The molecule has 0 saturated carbocycles. The van der Waals surface area contributed by atoms with Gasteiger partial charge < -0.3 is 4.90 Å². The van der Waals surface area contributed by atoms with Crippen LogP contribution in [0, 0.1) is 13.8 Å². The van der Waals surface area contributed by atoms with Crippen LogP contribution in [-0.4, -0.2) is 70.9 Å². The number of amides is 1. The van der Waals surface area contributed by atoms with Crippen LogP contribution in [0.3, 0.4) is 0 Å². The Kier molecular flexibility index (Phi) is 4.89. The van der Waals surface area contributed by atoms with Crippen molar-refractivity contribution in [3.8, 4) is 0 Å². The zero-order chi connectivity index (χ0) is 19.3. The average Bonchev–Trinajstić information content (AvgIpc) is 2.79. The first-order chi connectivity index (χ1) is 12.0. The molecule has 1 aromatic rings. The number of aryl methyl sites for hydroxylation is 2. The highest BCUT2D eigenvalue weighted by molar-refractivity contribution is 7.94. The second-order valence-corrected chi connectivity index (χ2v) is 10.7. The fourth-order valence-corrected chi connectivity index (χ4v) is 6.76. The van der Waals surface area contributed by atoms with Crippen molar-refractivity contribution < 1.29 is 21.6 Å². The maximum atomic E-state index is 13.1.